The van der Waals surface area contributed by atoms with Gasteiger partial charge in [-0.05, 0) is 55.0 Å². The van der Waals surface area contributed by atoms with E-state index in [2.05, 4.69) is 10.6 Å². The maximum absolute atomic E-state index is 12.7. The Morgan fingerprint density at radius 2 is 1.59 bits per heavy atom. The van der Waals surface area contributed by atoms with Crippen molar-refractivity contribution in [2.75, 3.05) is 25.0 Å². The number of amides is 3. The molecule has 0 aromatic heterocycles. The summed E-state index contributed by atoms with van der Waals surface area (Å²) < 4.78 is 5.36. The first-order valence-corrected chi connectivity index (χ1v) is 12.7. The molecule has 192 valence electrons. The number of hydrogen-bond donors (Lipinski definition) is 2. The lowest BCUT2D eigenvalue weighted by Crippen LogP contribution is -2.43. The largest absolute Gasteiger partial charge is 0.455 e. The number of ether oxygens (including phenoxy) is 1. The molecule has 4 rings (SSSR count). The second kappa shape index (κ2) is 12.7. The van der Waals surface area contributed by atoms with Crippen molar-refractivity contribution in [1.29, 1.82) is 0 Å². The standard InChI is InChI=1S/C30H33N3O4/c1-22-9-8-14-26(19-22)31-30(36)33-17-15-25(16-18-33)29(35)37-21-28(34)32-27(24-12-6-3-7-13-24)20-23-10-4-2-5-11-23/h2-14,19,25,27H,15-18,20-21H2,1H3,(H,31,36)(H,32,34)/t27-/m0/s1. The zero-order valence-corrected chi connectivity index (χ0v) is 21.1. The molecule has 7 heteroatoms. The zero-order valence-electron chi connectivity index (χ0n) is 21.1. The molecule has 1 fully saturated rings. The molecule has 0 bridgehead atoms. The number of nitrogens with zero attached hydrogens (tertiary/aromatic N) is 1. The number of anilines is 1. The third kappa shape index (κ3) is 7.67. The van der Waals surface area contributed by atoms with E-state index < -0.39 is 5.97 Å². The molecule has 2 N–H and O–H groups in total. The lowest BCUT2D eigenvalue weighted by Gasteiger charge is -2.31. The van der Waals surface area contributed by atoms with E-state index in [9.17, 15) is 14.4 Å². The van der Waals surface area contributed by atoms with E-state index in [0.717, 1.165) is 22.4 Å². The molecule has 1 heterocycles. The number of nitrogens with one attached hydrogen (secondary N) is 2. The molecule has 3 aromatic rings. The van der Waals surface area contributed by atoms with E-state index in [0.29, 0.717) is 32.4 Å². The number of hydrogen-bond acceptors (Lipinski definition) is 4. The SMILES string of the molecule is Cc1cccc(NC(=O)N2CCC(C(=O)OCC(=O)N[C@@H](Cc3ccccc3)c3ccccc3)CC2)c1. The quantitative estimate of drug-likeness (QED) is 0.433. The van der Waals surface area contributed by atoms with Crippen molar-refractivity contribution < 1.29 is 19.1 Å². The van der Waals surface area contributed by atoms with Crippen molar-refractivity contribution in [2.45, 2.75) is 32.2 Å². The Hall–Kier alpha value is -4.13. The molecule has 0 aliphatic carbocycles. The number of esters is 1. The predicted molar refractivity (Wildman–Crippen MR) is 143 cm³/mol. The fourth-order valence-corrected chi connectivity index (χ4v) is 4.52. The number of benzene rings is 3. The molecule has 3 aromatic carbocycles. The van der Waals surface area contributed by atoms with Crippen LogP contribution in [0.5, 0.6) is 0 Å². The van der Waals surface area contributed by atoms with Gasteiger partial charge in [0, 0.05) is 18.8 Å². The summed E-state index contributed by atoms with van der Waals surface area (Å²) in [4.78, 5) is 39.6. The first-order chi connectivity index (χ1) is 18.0. The van der Waals surface area contributed by atoms with Crippen molar-refractivity contribution in [3.05, 3.63) is 102 Å². The molecule has 3 amide bonds. The highest BCUT2D eigenvalue weighted by molar-refractivity contribution is 5.89. The van der Waals surface area contributed by atoms with Crippen LogP contribution in [0.2, 0.25) is 0 Å². The Morgan fingerprint density at radius 1 is 0.919 bits per heavy atom. The van der Waals surface area contributed by atoms with Gasteiger partial charge in [-0.2, -0.15) is 0 Å². The third-order valence-corrected chi connectivity index (χ3v) is 6.55. The molecule has 0 spiro atoms. The molecule has 7 nitrogen and oxygen atoms in total. The first-order valence-electron chi connectivity index (χ1n) is 12.7. The van der Waals surface area contributed by atoms with E-state index in [4.69, 9.17) is 4.74 Å². The second-order valence-electron chi connectivity index (χ2n) is 9.39. The lowest BCUT2D eigenvalue weighted by molar-refractivity contribution is -0.154. The van der Waals surface area contributed by atoms with Crippen molar-refractivity contribution in [3.63, 3.8) is 0 Å². The maximum atomic E-state index is 12.7. The van der Waals surface area contributed by atoms with Crippen LogP contribution in [0, 0.1) is 12.8 Å². The van der Waals surface area contributed by atoms with Crippen LogP contribution in [0.3, 0.4) is 0 Å². The van der Waals surface area contributed by atoms with Gasteiger partial charge in [-0.15, -0.1) is 0 Å². The molecule has 37 heavy (non-hydrogen) atoms. The van der Waals surface area contributed by atoms with Gasteiger partial charge in [0.05, 0.1) is 12.0 Å². The highest BCUT2D eigenvalue weighted by Crippen LogP contribution is 2.21. The Labute approximate surface area is 217 Å². The molecule has 1 atom stereocenters. The summed E-state index contributed by atoms with van der Waals surface area (Å²) in [5.74, 6) is -1.06. The van der Waals surface area contributed by atoms with Crippen molar-refractivity contribution >= 4 is 23.6 Å². The number of urea groups is 1. The van der Waals surface area contributed by atoms with E-state index >= 15 is 0 Å². The summed E-state index contributed by atoms with van der Waals surface area (Å²) in [6.45, 7) is 2.55. The van der Waals surface area contributed by atoms with Gasteiger partial charge >= 0.3 is 12.0 Å². The first kappa shape index (κ1) is 25.9. The minimum absolute atomic E-state index is 0.179. The molecule has 0 radical (unpaired) electrons. The van der Waals surface area contributed by atoms with Crippen LogP contribution in [-0.4, -0.2) is 42.5 Å². The number of aryl methyl sites for hydroxylation is 1. The summed E-state index contributed by atoms with van der Waals surface area (Å²) in [6.07, 6.45) is 1.64. The molecule has 1 aliphatic heterocycles. The van der Waals surface area contributed by atoms with Crippen LogP contribution in [-0.2, 0) is 20.7 Å². The molecule has 1 aliphatic rings. The second-order valence-corrected chi connectivity index (χ2v) is 9.39. The van der Waals surface area contributed by atoms with Gasteiger partial charge in [-0.25, -0.2) is 4.79 Å². The molecule has 0 saturated carbocycles. The average Bonchev–Trinajstić information content (AvgIpc) is 2.92. The summed E-state index contributed by atoms with van der Waals surface area (Å²) in [5, 5.41) is 5.92. The molecular formula is C30H33N3O4. The van der Waals surface area contributed by atoms with E-state index in [1.807, 2.05) is 91.9 Å². The van der Waals surface area contributed by atoms with E-state index in [1.165, 1.54) is 0 Å². The Balaban J connectivity index is 1.24. The van der Waals surface area contributed by atoms with Gasteiger partial charge in [0.15, 0.2) is 6.61 Å². The minimum atomic E-state index is -0.395. The van der Waals surface area contributed by atoms with Gasteiger partial charge in [-0.1, -0.05) is 72.8 Å². The summed E-state index contributed by atoms with van der Waals surface area (Å²) >= 11 is 0. The van der Waals surface area contributed by atoms with Crippen molar-refractivity contribution in [2.24, 2.45) is 5.92 Å². The Kier molecular flexibility index (Phi) is 8.92. The molecular weight excluding hydrogens is 466 g/mol. The Bertz CT molecular complexity index is 1190. The van der Waals surface area contributed by atoms with Crippen molar-refractivity contribution in [3.8, 4) is 0 Å². The summed E-state index contributed by atoms with van der Waals surface area (Å²) in [5.41, 5.74) is 3.91. The number of rotatable bonds is 8. The number of carbonyl (C=O) groups excluding carboxylic acids is 3. The lowest BCUT2D eigenvalue weighted by atomic mass is 9.97. The van der Waals surface area contributed by atoms with Gasteiger partial charge in [0.25, 0.3) is 5.91 Å². The van der Waals surface area contributed by atoms with E-state index in [-0.39, 0.29) is 30.5 Å². The average molecular weight is 500 g/mol. The maximum Gasteiger partial charge on any atom is 0.321 e. The van der Waals surface area contributed by atoms with Crippen LogP contribution in [0.4, 0.5) is 10.5 Å². The van der Waals surface area contributed by atoms with Crippen LogP contribution in [0.15, 0.2) is 84.9 Å². The highest BCUT2D eigenvalue weighted by Gasteiger charge is 2.29. The zero-order chi connectivity index (χ0) is 26.0. The number of carbonyl (C=O) groups is 3. The van der Waals surface area contributed by atoms with Gasteiger partial charge in [0.2, 0.25) is 0 Å². The monoisotopic (exact) mass is 499 g/mol. The van der Waals surface area contributed by atoms with Gasteiger partial charge in [0.1, 0.15) is 0 Å². The molecule has 0 unspecified atom stereocenters. The van der Waals surface area contributed by atoms with Crippen LogP contribution >= 0.6 is 0 Å². The summed E-state index contributed by atoms with van der Waals surface area (Å²) in [7, 11) is 0. The molecule has 1 saturated heterocycles. The smallest absolute Gasteiger partial charge is 0.321 e. The van der Waals surface area contributed by atoms with Gasteiger partial charge in [-0.3, -0.25) is 9.59 Å². The van der Waals surface area contributed by atoms with Crippen molar-refractivity contribution in [1.82, 2.24) is 10.2 Å². The summed E-state index contributed by atoms with van der Waals surface area (Å²) in [6, 6.07) is 26.9. The third-order valence-electron chi connectivity index (χ3n) is 6.55. The predicted octanol–water partition coefficient (Wildman–Crippen LogP) is 4.88. The topological polar surface area (TPSA) is 87.7 Å². The fraction of sp³-hybridized carbons (Fsp3) is 0.300. The van der Waals surface area contributed by atoms with Crippen LogP contribution in [0.25, 0.3) is 0 Å². The normalized spacial score (nSPS) is 14.5. The Morgan fingerprint density at radius 3 is 2.27 bits per heavy atom. The van der Waals surface area contributed by atoms with Crippen LogP contribution in [0.1, 0.15) is 35.6 Å². The van der Waals surface area contributed by atoms with Crippen LogP contribution < -0.4 is 10.6 Å². The van der Waals surface area contributed by atoms with E-state index in [1.54, 1.807) is 4.90 Å². The number of likely N-dealkylation sites (tertiary alicyclic amines) is 1. The number of piperidine rings is 1. The highest BCUT2D eigenvalue weighted by atomic mass is 16.5. The van der Waals surface area contributed by atoms with Gasteiger partial charge < -0.3 is 20.3 Å². The fourth-order valence-electron chi connectivity index (χ4n) is 4.52. The minimum Gasteiger partial charge on any atom is -0.455 e.